The number of carbonyl (C=O) groups is 1. The minimum atomic E-state index is -3.29. The molecule has 0 aliphatic rings. The first-order chi connectivity index (χ1) is 9.44. The predicted molar refractivity (Wildman–Crippen MR) is 79.6 cm³/mol. The number of nitrogens with one attached hydrogen (secondary N) is 2. The zero-order valence-corrected chi connectivity index (χ0v) is 12.4. The van der Waals surface area contributed by atoms with E-state index in [2.05, 4.69) is 10.0 Å². The Morgan fingerprint density at radius 3 is 2.65 bits per heavy atom. The lowest BCUT2D eigenvalue weighted by molar-refractivity contribution is -0.120. The smallest absolute Gasteiger partial charge is 0.220 e. The highest BCUT2D eigenvalue weighted by molar-refractivity contribution is 7.89. The van der Waals surface area contributed by atoms with Crippen molar-refractivity contribution in [3.05, 3.63) is 29.8 Å². The lowest BCUT2D eigenvalue weighted by Gasteiger charge is -2.07. The van der Waals surface area contributed by atoms with Gasteiger partial charge in [0.25, 0.3) is 0 Å². The van der Waals surface area contributed by atoms with Crippen LogP contribution in [0.3, 0.4) is 0 Å². The molecule has 0 aromatic heterocycles. The van der Waals surface area contributed by atoms with Crippen LogP contribution >= 0.6 is 0 Å². The van der Waals surface area contributed by atoms with Crippen LogP contribution < -0.4 is 15.8 Å². The van der Waals surface area contributed by atoms with Gasteiger partial charge in [-0.3, -0.25) is 4.79 Å². The number of benzene rings is 1. The number of amides is 1. The summed E-state index contributed by atoms with van der Waals surface area (Å²) in [6.07, 6.45) is 0.827. The molecule has 20 heavy (non-hydrogen) atoms. The zero-order chi connectivity index (χ0) is 15.0. The maximum Gasteiger partial charge on any atom is 0.220 e. The third kappa shape index (κ3) is 6.03. The summed E-state index contributed by atoms with van der Waals surface area (Å²) in [6, 6.07) is 7.37. The third-order valence-corrected chi connectivity index (χ3v) is 4.20. The molecule has 112 valence electrons. The standard InChI is InChI=1S/C13H21N3O3S/c1-2-16-20(18,19)10-9-15-13(17)8-7-11-5-3-4-6-12(11)14/h3-6,16H,2,7-10,14H2,1H3,(H,15,17). The number of anilines is 1. The maximum atomic E-state index is 11.6. The van der Waals surface area contributed by atoms with Crippen LogP contribution in [0, 0.1) is 0 Å². The van der Waals surface area contributed by atoms with Gasteiger partial charge in [0.2, 0.25) is 15.9 Å². The Morgan fingerprint density at radius 2 is 2.00 bits per heavy atom. The summed E-state index contributed by atoms with van der Waals surface area (Å²) in [6.45, 7) is 2.17. The molecule has 0 saturated heterocycles. The normalized spacial score (nSPS) is 11.2. The van der Waals surface area contributed by atoms with Crippen molar-refractivity contribution in [3.63, 3.8) is 0 Å². The van der Waals surface area contributed by atoms with E-state index in [4.69, 9.17) is 5.73 Å². The van der Waals surface area contributed by atoms with Gasteiger partial charge in [-0.1, -0.05) is 25.1 Å². The van der Waals surface area contributed by atoms with Crippen molar-refractivity contribution < 1.29 is 13.2 Å². The molecular weight excluding hydrogens is 278 g/mol. The Bertz CT molecular complexity index is 544. The molecule has 0 fully saturated rings. The molecule has 0 aliphatic heterocycles. The molecule has 0 atom stereocenters. The number of para-hydroxylation sites is 1. The Kier molecular flexibility index (Phi) is 6.47. The Balaban J connectivity index is 2.30. The predicted octanol–water partition coefficient (Wildman–Crippen LogP) is 0.257. The summed E-state index contributed by atoms with van der Waals surface area (Å²) >= 11 is 0. The monoisotopic (exact) mass is 299 g/mol. The van der Waals surface area contributed by atoms with Gasteiger partial charge >= 0.3 is 0 Å². The van der Waals surface area contributed by atoms with Gasteiger partial charge in [-0.15, -0.1) is 0 Å². The second-order valence-corrected chi connectivity index (χ2v) is 6.29. The van der Waals surface area contributed by atoms with Crippen molar-refractivity contribution in [2.45, 2.75) is 19.8 Å². The summed E-state index contributed by atoms with van der Waals surface area (Å²) in [5.74, 6) is -0.292. The minimum absolute atomic E-state index is 0.110. The van der Waals surface area contributed by atoms with Crippen LogP contribution in [0.5, 0.6) is 0 Å². The van der Waals surface area contributed by atoms with Gasteiger partial charge in [-0.2, -0.15) is 0 Å². The largest absolute Gasteiger partial charge is 0.399 e. The van der Waals surface area contributed by atoms with E-state index in [1.165, 1.54) is 0 Å². The summed E-state index contributed by atoms with van der Waals surface area (Å²) in [5, 5.41) is 2.59. The lowest BCUT2D eigenvalue weighted by Crippen LogP contribution is -2.34. The number of rotatable bonds is 8. The molecule has 0 heterocycles. The molecule has 0 unspecified atom stereocenters. The van der Waals surface area contributed by atoms with Crippen LogP contribution in [0.1, 0.15) is 18.9 Å². The van der Waals surface area contributed by atoms with Gasteiger partial charge in [-0.05, 0) is 18.1 Å². The fraction of sp³-hybridized carbons (Fsp3) is 0.462. The van der Waals surface area contributed by atoms with Crippen molar-refractivity contribution >= 4 is 21.6 Å². The van der Waals surface area contributed by atoms with Gasteiger partial charge in [-0.25, -0.2) is 13.1 Å². The van der Waals surface area contributed by atoms with Crippen LogP contribution in [0.25, 0.3) is 0 Å². The molecule has 1 rings (SSSR count). The second kappa shape index (κ2) is 7.86. The molecule has 0 bridgehead atoms. The molecule has 0 radical (unpaired) electrons. The Labute approximate surface area is 119 Å². The Morgan fingerprint density at radius 1 is 1.30 bits per heavy atom. The lowest BCUT2D eigenvalue weighted by atomic mass is 10.1. The first-order valence-corrected chi connectivity index (χ1v) is 8.17. The maximum absolute atomic E-state index is 11.6. The Hall–Kier alpha value is -1.60. The minimum Gasteiger partial charge on any atom is -0.399 e. The first-order valence-electron chi connectivity index (χ1n) is 6.52. The fourth-order valence-corrected chi connectivity index (χ4v) is 2.67. The number of sulfonamides is 1. The number of hydrogen-bond acceptors (Lipinski definition) is 4. The summed E-state index contributed by atoms with van der Waals surface area (Å²) < 4.78 is 25.1. The van der Waals surface area contributed by atoms with Gasteiger partial charge in [0.05, 0.1) is 5.75 Å². The van der Waals surface area contributed by atoms with Crippen LogP contribution in [0.2, 0.25) is 0 Å². The third-order valence-electron chi connectivity index (χ3n) is 2.73. The molecule has 7 heteroatoms. The van der Waals surface area contributed by atoms with Crippen molar-refractivity contribution in [2.24, 2.45) is 0 Å². The van der Waals surface area contributed by atoms with E-state index in [0.717, 1.165) is 5.56 Å². The van der Waals surface area contributed by atoms with Crippen LogP contribution in [0.15, 0.2) is 24.3 Å². The quantitative estimate of drug-likeness (QED) is 0.599. The SMILES string of the molecule is CCNS(=O)(=O)CCNC(=O)CCc1ccccc1N. The molecule has 6 nitrogen and oxygen atoms in total. The van der Waals surface area contributed by atoms with Crippen molar-refractivity contribution in [3.8, 4) is 0 Å². The summed E-state index contributed by atoms with van der Waals surface area (Å²) in [4.78, 5) is 11.6. The number of nitrogens with two attached hydrogens (primary N) is 1. The van der Waals surface area contributed by atoms with Gasteiger partial charge in [0.15, 0.2) is 0 Å². The number of aryl methyl sites for hydroxylation is 1. The van der Waals surface area contributed by atoms with Gasteiger partial charge in [0, 0.05) is 25.2 Å². The van der Waals surface area contributed by atoms with Gasteiger partial charge in [0.1, 0.15) is 0 Å². The molecule has 4 N–H and O–H groups in total. The highest BCUT2D eigenvalue weighted by atomic mass is 32.2. The average Bonchev–Trinajstić information content (AvgIpc) is 2.37. The van der Waals surface area contributed by atoms with E-state index in [1.54, 1.807) is 13.0 Å². The van der Waals surface area contributed by atoms with Crippen molar-refractivity contribution in [2.75, 3.05) is 24.6 Å². The van der Waals surface area contributed by atoms with E-state index >= 15 is 0 Å². The number of carbonyl (C=O) groups excluding carboxylic acids is 1. The van der Waals surface area contributed by atoms with Crippen LogP contribution in [-0.2, 0) is 21.2 Å². The molecule has 0 aliphatic carbocycles. The molecule has 0 spiro atoms. The van der Waals surface area contributed by atoms with Crippen LogP contribution in [0.4, 0.5) is 5.69 Å². The summed E-state index contributed by atoms with van der Waals surface area (Å²) in [7, 11) is -3.29. The first kappa shape index (κ1) is 16.5. The molecular formula is C13H21N3O3S. The molecule has 1 amide bonds. The van der Waals surface area contributed by atoms with Crippen LogP contribution in [-0.4, -0.2) is 33.2 Å². The van der Waals surface area contributed by atoms with E-state index < -0.39 is 10.0 Å². The fourth-order valence-electron chi connectivity index (χ4n) is 1.72. The molecule has 1 aromatic carbocycles. The zero-order valence-electron chi connectivity index (χ0n) is 11.6. The number of nitrogen functional groups attached to an aromatic ring is 1. The van der Waals surface area contributed by atoms with Crippen molar-refractivity contribution in [1.29, 1.82) is 0 Å². The van der Waals surface area contributed by atoms with Gasteiger partial charge < -0.3 is 11.1 Å². The molecule has 1 aromatic rings. The van der Waals surface area contributed by atoms with E-state index in [-0.39, 0.29) is 24.6 Å². The number of hydrogen-bond donors (Lipinski definition) is 3. The summed E-state index contributed by atoms with van der Waals surface area (Å²) in [5.41, 5.74) is 7.36. The second-order valence-electron chi connectivity index (χ2n) is 4.37. The van der Waals surface area contributed by atoms with Crippen molar-refractivity contribution in [1.82, 2.24) is 10.0 Å². The highest BCUT2D eigenvalue weighted by Gasteiger charge is 2.09. The highest BCUT2D eigenvalue weighted by Crippen LogP contribution is 2.12. The topological polar surface area (TPSA) is 101 Å². The van der Waals surface area contributed by atoms with E-state index in [9.17, 15) is 13.2 Å². The average molecular weight is 299 g/mol. The molecule has 0 saturated carbocycles. The van der Waals surface area contributed by atoms with E-state index in [0.29, 0.717) is 18.7 Å². The van der Waals surface area contributed by atoms with E-state index in [1.807, 2.05) is 18.2 Å².